The van der Waals surface area contributed by atoms with Gasteiger partial charge in [-0.25, -0.2) is 9.36 Å². The molecule has 1 aromatic heterocycles. The van der Waals surface area contributed by atoms with Gasteiger partial charge >= 0.3 is 13.5 Å². The zero-order valence-corrected chi connectivity index (χ0v) is 16.4. The molecule has 1 fully saturated rings. The second-order valence-corrected chi connectivity index (χ2v) is 7.81. The van der Waals surface area contributed by atoms with Crippen LogP contribution in [-0.4, -0.2) is 43.3 Å². The number of hydrogen-bond donors (Lipinski definition) is 3. The third-order valence-electron chi connectivity index (χ3n) is 4.35. The second kappa shape index (κ2) is 8.50. The molecule has 0 bridgehead atoms. The number of aliphatic hydroxyl groups excluding tert-OH is 1. The van der Waals surface area contributed by atoms with Crippen LogP contribution in [0.15, 0.2) is 40.1 Å². The van der Waals surface area contributed by atoms with Crippen LogP contribution in [0.2, 0.25) is 0 Å². The highest BCUT2D eigenvalue weighted by Crippen LogP contribution is 2.48. The lowest BCUT2D eigenvalue weighted by atomic mass is 10.2. The maximum Gasteiger partial charge on any atom is 0.527 e. The Morgan fingerprint density at radius 1 is 1.37 bits per heavy atom. The van der Waals surface area contributed by atoms with Gasteiger partial charge in [0, 0.05) is 30.3 Å². The van der Waals surface area contributed by atoms with Crippen molar-refractivity contribution in [2.24, 2.45) is 0 Å². The van der Waals surface area contributed by atoms with Crippen molar-refractivity contribution in [2.75, 3.05) is 6.61 Å². The molecular weight excluding hydrogens is 425 g/mol. The SMILES string of the molecule is Cc1cn(C2CC(OP(=O)(O)Oc3ccc([N+](=O)[O-])cc3)C(CO)O2)c(=O)[nH]c1=O. The van der Waals surface area contributed by atoms with E-state index in [1.807, 2.05) is 0 Å². The van der Waals surface area contributed by atoms with Gasteiger partial charge in [0.15, 0.2) is 0 Å². The fraction of sp³-hybridized carbons (Fsp3) is 0.375. The van der Waals surface area contributed by atoms with Gasteiger partial charge in [-0.3, -0.25) is 33.9 Å². The molecule has 3 rings (SSSR count). The first-order valence-electron chi connectivity index (χ1n) is 8.63. The Kier molecular flexibility index (Phi) is 6.19. The number of H-pyrrole nitrogens is 1. The molecule has 0 radical (unpaired) electrons. The van der Waals surface area contributed by atoms with Crippen LogP contribution in [0.4, 0.5) is 5.69 Å². The number of ether oxygens (including phenoxy) is 1. The van der Waals surface area contributed by atoms with Gasteiger partial charge in [0.2, 0.25) is 0 Å². The third-order valence-corrected chi connectivity index (χ3v) is 5.33. The average Bonchev–Trinajstić information content (AvgIpc) is 3.06. The number of phosphoric ester groups is 1. The molecule has 4 atom stereocenters. The normalized spacial score (nSPS) is 23.1. The summed E-state index contributed by atoms with van der Waals surface area (Å²) in [4.78, 5) is 45.7. The molecule has 2 heterocycles. The Morgan fingerprint density at radius 3 is 2.63 bits per heavy atom. The number of benzene rings is 1. The van der Waals surface area contributed by atoms with E-state index in [0.29, 0.717) is 0 Å². The number of aromatic amines is 1. The Morgan fingerprint density at radius 2 is 2.03 bits per heavy atom. The first-order valence-corrected chi connectivity index (χ1v) is 10.1. The summed E-state index contributed by atoms with van der Waals surface area (Å²) in [7, 11) is -4.71. The molecule has 1 aliphatic rings. The largest absolute Gasteiger partial charge is 0.527 e. The van der Waals surface area contributed by atoms with Crippen LogP contribution < -0.4 is 15.8 Å². The number of rotatable bonds is 7. The van der Waals surface area contributed by atoms with Crippen LogP contribution in [0, 0.1) is 17.0 Å². The number of aromatic nitrogens is 2. The minimum atomic E-state index is -4.71. The topological polar surface area (TPSA) is 183 Å². The Bertz CT molecular complexity index is 1100. The lowest BCUT2D eigenvalue weighted by Gasteiger charge is -2.20. The summed E-state index contributed by atoms with van der Waals surface area (Å²) in [6.45, 7) is 0.914. The van der Waals surface area contributed by atoms with E-state index in [1.54, 1.807) is 0 Å². The van der Waals surface area contributed by atoms with E-state index in [-0.39, 0.29) is 23.4 Å². The Labute approximate surface area is 168 Å². The molecule has 1 aromatic carbocycles. The van der Waals surface area contributed by atoms with Crippen LogP contribution in [-0.2, 0) is 13.8 Å². The summed E-state index contributed by atoms with van der Waals surface area (Å²) in [5.74, 6) is -0.144. The molecule has 2 aromatic rings. The quantitative estimate of drug-likeness (QED) is 0.311. The van der Waals surface area contributed by atoms with Crippen molar-refractivity contribution in [3.05, 3.63) is 67.0 Å². The minimum absolute atomic E-state index is 0.0925. The highest BCUT2D eigenvalue weighted by atomic mass is 31.2. The molecule has 30 heavy (non-hydrogen) atoms. The lowest BCUT2D eigenvalue weighted by Crippen LogP contribution is -2.33. The second-order valence-electron chi connectivity index (χ2n) is 6.48. The number of nitrogens with one attached hydrogen (secondary N) is 1. The summed E-state index contributed by atoms with van der Waals surface area (Å²) in [5, 5.41) is 20.2. The van der Waals surface area contributed by atoms with Crippen molar-refractivity contribution >= 4 is 13.5 Å². The number of non-ortho nitro benzene ring substituents is 1. The van der Waals surface area contributed by atoms with Crippen LogP contribution in [0.1, 0.15) is 18.2 Å². The number of aliphatic hydroxyl groups is 1. The molecule has 14 heteroatoms. The van der Waals surface area contributed by atoms with Crippen molar-refractivity contribution in [3.8, 4) is 5.75 Å². The van der Waals surface area contributed by atoms with E-state index in [9.17, 15) is 34.3 Å². The average molecular weight is 443 g/mol. The Hall–Kier alpha value is -2.83. The van der Waals surface area contributed by atoms with Crippen molar-refractivity contribution in [2.45, 2.75) is 31.8 Å². The molecule has 4 unspecified atom stereocenters. The lowest BCUT2D eigenvalue weighted by molar-refractivity contribution is -0.384. The van der Waals surface area contributed by atoms with Crippen molar-refractivity contribution < 1.29 is 33.3 Å². The van der Waals surface area contributed by atoms with Gasteiger partial charge in [-0.15, -0.1) is 0 Å². The van der Waals surface area contributed by atoms with Gasteiger partial charge in [-0.1, -0.05) is 0 Å². The molecule has 0 spiro atoms. The van der Waals surface area contributed by atoms with Gasteiger partial charge in [0.25, 0.3) is 11.2 Å². The fourth-order valence-corrected chi connectivity index (χ4v) is 3.90. The molecule has 0 aliphatic carbocycles. The zero-order valence-electron chi connectivity index (χ0n) is 15.5. The van der Waals surface area contributed by atoms with E-state index >= 15 is 0 Å². The van der Waals surface area contributed by atoms with Crippen molar-refractivity contribution in [3.63, 3.8) is 0 Å². The minimum Gasteiger partial charge on any atom is -0.404 e. The van der Waals surface area contributed by atoms with Crippen LogP contribution in [0.25, 0.3) is 0 Å². The van der Waals surface area contributed by atoms with E-state index in [1.165, 1.54) is 13.1 Å². The predicted molar refractivity (Wildman–Crippen MR) is 100 cm³/mol. The molecule has 0 saturated carbocycles. The monoisotopic (exact) mass is 443 g/mol. The van der Waals surface area contributed by atoms with E-state index < -0.39 is 49.0 Å². The van der Waals surface area contributed by atoms with Gasteiger partial charge in [-0.05, 0) is 19.1 Å². The summed E-state index contributed by atoms with van der Waals surface area (Å²) in [5.41, 5.74) is -1.29. The summed E-state index contributed by atoms with van der Waals surface area (Å²) >= 11 is 0. The summed E-state index contributed by atoms with van der Waals surface area (Å²) in [6, 6.07) is 4.44. The summed E-state index contributed by atoms with van der Waals surface area (Å²) in [6.07, 6.45) is -1.95. The number of nitro groups is 1. The number of aryl methyl sites for hydroxylation is 1. The first-order chi connectivity index (χ1) is 14.1. The van der Waals surface area contributed by atoms with E-state index in [0.717, 1.165) is 28.8 Å². The van der Waals surface area contributed by atoms with Crippen molar-refractivity contribution in [1.29, 1.82) is 0 Å². The molecule has 162 valence electrons. The highest BCUT2D eigenvalue weighted by Gasteiger charge is 2.42. The highest BCUT2D eigenvalue weighted by molar-refractivity contribution is 7.47. The third kappa shape index (κ3) is 4.83. The number of phosphoric acid groups is 1. The predicted octanol–water partition coefficient (Wildman–Crippen LogP) is 0.598. The van der Waals surface area contributed by atoms with Crippen molar-refractivity contribution in [1.82, 2.24) is 9.55 Å². The van der Waals surface area contributed by atoms with E-state index in [2.05, 4.69) is 4.98 Å². The molecule has 0 amide bonds. The molecule has 1 aliphatic heterocycles. The zero-order chi connectivity index (χ0) is 22.1. The van der Waals surface area contributed by atoms with Gasteiger partial charge < -0.3 is 14.4 Å². The number of nitro benzene ring substituents is 1. The first kappa shape index (κ1) is 21.9. The standard InChI is InChI=1S/C16H18N3O10P/c1-9-7-18(16(22)17-15(9)21)14-6-12(13(8-20)27-14)29-30(25,26)28-11-4-2-10(3-5-11)19(23)24/h2-5,7,12-14,20H,6,8H2,1H3,(H,25,26)(H,17,21,22). The van der Waals surface area contributed by atoms with E-state index in [4.69, 9.17) is 13.8 Å². The smallest absolute Gasteiger partial charge is 0.404 e. The van der Waals surface area contributed by atoms with Gasteiger partial charge in [0.1, 0.15) is 24.2 Å². The van der Waals surface area contributed by atoms with Crippen LogP contribution in [0.5, 0.6) is 5.75 Å². The van der Waals surface area contributed by atoms with Crippen LogP contribution >= 0.6 is 7.82 Å². The van der Waals surface area contributed by atoms with Gasteiger partial charge in [-0.2, -0.15) is 0 Å². The Balaban J connectivity index is 1.74. The molecule has 3 N–H and O–H groups in total. The van der Waals surface area contributed by atoms with Gasteiger partial charge in [0.05, 0.1) is 11.5 Å². The number of hydrogen-bond acceptors (Lipinski definition) is 9. The maximum atomic E-state index is 12.4. The fourth-order valence-electron chi connectivity index (χ4n) is 2.90. The number of nitrogens with zero attached hydrogens (tertiary/aromatic N) is 2. The van der Waals surface area contributed by atoms with Crippen LogP contribution in [0.3, 0.4) is 0 Å². The molecular formula is C16H18N3O10P. The summed E-state index contributed by atoms with van der Waals surface area (Å²) < 4.78 is 29.0. The molecule has 1 saturated heterocycles. The maximum absolute atomic E-state index is 12.4. The molecule has 13 nitrogen and oxygen atoms in total.